The molecule has 1 saturated carbocycles. The van der Waals surface area contributed by atoms with Gasteiger partial charge in [0.25, 0.3) is 0 Å². The van der Waals surface area contributed by atoms with Crippen molar-refractivity contribution < 1.29 is 4.79 Å². The zero-order valence-corrected chi connectivity index (χ0v) is 17.8. The first-order valence-electron chi connectivity index (χ1n) is 9.15. The number of rotatable bonds is 3. The fourth-order valence-electron chi connectivity index (χ4n) is 4.29. The molecule has 2 fully saturated rings. The van der Waals surface area contributed by atoms with Crippen LogP contribution in [0.4, 0.5) is 0 Å². The van der Waals surface area contributed by atoms with Gasteiger partial charge >= 0.3 is 0 Å². The molecule has 2 aromatic carbocycles. The van der Waals surface area contributed by atoms with Crippen LogP contribution in [-0.2, 0) is 10.2 Å². The first kappa shape index (κ1) is 19.4. The smallest absolute Gasteiger partial charge is 0.234 e. The maximum absolute atomic E-state index is 13.8. The minimum atomic E-state index is -0.452. The van der Waals surface area contributed by atoms with E-state index in [0.717, 1.165) is 49.1 Å². The molecule has 4 rings (SSSR count). The molecule has 2 nitrogen and oxygen atoms in total. The Hall–Kier alpha value is -0.870. The summed E-state index contributed by atoms with van der Waals surface area (Å²) in [5, 5.41) is 1.86. The highest BCUT2D eigenvalue weighted by Gasteiger charge is 2.47. The Labute approximate surface area is 179 Å². The van der Waals surface area contributed by atoms with Gasteiger partial charge in [-0.05, 0) is 42.7 Å². The van der Waals surface area contributed by atoms with Crippen LogP contribution in [0.2, 0.25) is 15.1 Å². The Bertz CT molecular complexity index is 849. The summed E-state index contributed by atoms with van der Waals surface area (Å²) in [6.07, 6.45) is 3.91. The highest BCUT2D eigenvalue weighted by atomic mass is 35.5. The van der Waals surface area contributed by atoms with Gasteiger partial charge < -0.3 is 4.90 Å². The van der Waals surface area contributed by atoms with Crippen molar-refractivity contribution >= 4 is 52.5 Å². The van der Waals surface area contributed by atoms with Gasteiger partial charge in [0.1, 0.15) is 5.37 Å². The Balaban J connectivity index is 1.69. The second-order valence-electron chi connectivity index (χ2n) is 7.18. The maximum Gasteiger partial charge on any atom is 0.234 e. The predicted molar refractivity (Wildman–Crippen MR) is 115 cm³/mol. The maximum atomic E-state index is 13.8. The molecule has 142 valence electrons. The zero-order valence-electron chi connectivity index (χ0n) is 14.8. The molecule has 1 atom stereocenters. The van der Waals surface area contributed by atoms with Crippen LogP contribution in [0.5, 0.6) is 0 Å². The lowest BCUT2D eigenvalue weighted by Gasteiger charge is -2.35. The molecule has 0 radical (unpaired) electrons. The average Bonchev–Trinajstić information content (AvgIpc) is 3.32. The number of carbonyl (C=O) groups is 1. The van der Waals surface area contributed by atoms with Crippen molar-refractivity contribution in [2.24, 2.45) is 0 Å². The molecule has 1 saturated heterocycles. The van der Waals surface area contributed by atoms with E-state index in [-0.39, 0.29) is 11.3 Å². The van der Waals surface area contributed by atoms with Crippen molar-refractivity contribution in [3.05, 3.63) is 68.7 Å². The van der Waals surface area contributed by atoms with Crippen LogP contribution < -0.4 is 0 Å². The highest BCUT2D eigenvalue weighted by molar-refractivity contribution is 7.99. The van der Waals surface area contributed by atoms with Gasteiger partial charge in [0.2, 0.25) is 5.91 Å². The topological polar surface area (TPSA) is 20.3 Å². The standard InChI is InChI=1S/C21H20Cl3NOS/c22-15-5-3-14(4-6-15)21(9-1-2-10-21)20(26)25-11-12-27-19(25)17-8-7-16(23)13-18(17)24/h3-8,13,19H,1-2,9-12H2. The molecule has 2 aromatic rings. The van der Waals surface area contributed by atoms with E-state index in [9.17, 15) is 4.79 Å². The largest absolute Gasteiger partial charge is 0.325 e. The van der Waals surface area contributed by atoms with Crippen LogP contribution in [0.1, 0.15) is 42.2 Å². The van der Waals surface area contributed by atoms with Crippen molar-refractivity contribution in [3.63, 3.8) is 0 Å². The summed E-state index contributed by atoms with van der Waals surface area (Å²) in [7, 11) is 0. The van der Waals surface area contributed by atoms with E-state index < -0.39 is 5.41 Å². The van der Waals surface area contributed by atoms with Gasteiger partial charge in [0, 0.05) is 32.9 Å². The van der Waals surface area contributed by atoms with Crippen LogP contribution in [0.25, 0.3) is 0 Å². The van der Waals surface area contributed by atoms with E-state index in [0.29, 0.717) is 15.1 Å². The van der Waals surface area contributed by atoms with Gasteiger partial charge in [-0.1, -0.05) is 65.8 Å². The molecular formula is C21H20Cl3NOS. The molecule has 27 heavy (non-hydrogen) atoms. The van der Waals surface area contributed by atoms with Crippen molar-refractivity contribution in [1.29, 1.82) is 0 Å². The Morgan fingerprint density at radius 2 is 1.67 bits per heavy atom. The van der Waals surface area contributed by atoms with Crippen LogP contribution in [-0.4, -0.2) is 23.1 Å². The molecule has 1 unspecified atom stereocenters. The van der Waals surface area contributed by atoms with Crippen LogP contribution >= 0.6 is 46.6 Å². The van der Waals surface area contributed by atoms with Crippen molar-refractivity contribution in [1.82, 2.24) is 4.90 Å². The van der Waals surface area contributed by atoms with E-state index in [4.69, 9.17) is 34.8 Å². The van der Waals surface area contributed by atoms with E-state index in [2.05, 4.69) is 0 Å². The number of amides is 1. The van der Waals surface area contributed by atoms with Gasteiger partial charge in [-0.25, -0.2) is 0 Å². The second kappa shape index (κ2) is 7.87. The first-order chi connectivity index (χ1) is 13.0. The third kappa shape index (κ3) is 3.60. The second-order valence-corrected chi connectivity index (χ2v) is 9.65. The molecule has 1 amide bonds. The van der Waals surface area contributed by atoms with Gasteiger partial charge in [0.15, 0.2) is 0 Å². The lowest BCUT2D eigenvalue weighted by molar-refractivity contribution is -0.137. The lowest BCUT2D eigenvalue weighted by atomic mass is 9.77. The number of hydrogen-bond donors (Lipinski definition) is 0. The summed E-state index contributed by atoms with van der Waals surface area (Å²) < 4.78 is 0. The highest BCUT2D eigenvalue weighted by Crippen LogP contribution is 2.48. The molecule has 0 spiro atoms. The minimum Gasteiger partial charge on any atom is -0.325 e. The summed E-state index contributed by atoms with van der Waals surface area (Å²) in [6, 6.07) is 13.3. The monoisotopic (exact) mass is 439 g/mol. The quantitative estimate of drug-likeness (QED) is 0.527. The van der Waals surface area contributed by atoms with Gasteiger partial charge in [-0.15, -0.1) is 11.8 Å². The molecule has 0 N–H and O–H groups in total. The van der Waals surface area contributed by atoms with E-state index in [1.165, 1.54) is 0 Å². The van der Waals surface area contributed by atoms with Crippen molar-refractivity contribution in [2.75, 3.05) is 12.3 Å². The molecule has 1 heterocycles. The SMILES string of the molecule is O=C(N1CCSC1c1ccc(Cl)cc1Cl)C1(c2ccc(Cl)cc2)CCCC1. The molecule has 6 heteroatoms. The number of hydrogen-bond acceptors (Lipinski definition) is 2. The normalized spacial score (nSPS) is 21.6. The van der Waals surface area contributed by atoms with E-state index in [1.54, 1.807) is 17.8 Å². The van der Waals surface area contributed by atoms with Gasteiger partial charge in [-0.3, -0.25) is 4.79 Å². The van der Waals surface area contributed by atoms with E-state index in [1.807, 2.05) is 41.3 Å². The number of thioether (sulfide) groups is 1. The summed E-state index contributed by atoms with van der Waals surface area (Å²) >= 11 is 20.4. The average molecular weight is 441 g/mol. The zero-order chi connectivity index (χ0) is 19.0. The summed E-state index contributed by atoms with van der Waals surface area (Å²) in [6.45, 7) is 0.739. The molecule has 0 bridgehead atoms. The molecular weight excluding hydrogens is 421 g/mol. The molecule has 2 aliphatic rings. The van der Waals surface area contributed by atoms with Crippen molar-refractivity contribution in [3.8, 4) is 0 Å². The third-order valence-electron chi connectivity index (χ3n) is 5.64. The summed E-state index contributed by atoms with van der Waals surface area (Å²) in [5.41, 5.74) is 1.58. The van der Waals surface area contributed by atoms with Crippen LogP contribution in [0.15, 0.2) is 42.5 Å². The number of nitrogens with zero attached hydrogens (tertiary/aromatic N) is 1. The number of carbonyl (C=O) groups excluding carboxylic acids is 1. The first-order valence-corrected chi connectivity index (χ1v) is 11.3. The van der Waals surface area contributed by atoms with Crippen LogP contribution in [0, 0.1) is 0 Å². The Morgan fingerprint density at radius 3 is 2.33 bits per heavy atom. The number of halogens is 3. The fourth-order valence-corrected chi connectivity index (χ4v) is 6.28. The summed E-state index contributed by atoms with van der Waals surface area (Å²) in [4.78, 5) is 15.8. The molecule has 1 aliphatic carbocycles. The van der Waals surface area contributed by atoms with Gasteiger partial charge in [-0.2, -0.15) is 0 Å². The number of benzene rings is 2. The fraction of sp³-hybridized carbons (Fsp3) is 0.381. The minimum absolute atomic E-state index is 0.0629. The van der Waals surface area contributed by atoms with Gasteiger partial charge in [0.05, 0.1) is 5.41 Å². The molecule has 1 aliphatic heterocycles. The third-order valence-corrected chi connectivity index (χ3v) is 7.70. The van der Waals surface area contributed by atoms with Crippen LogP contribution in [0.3, 0.4) is 0 Å². The Kier molecular flexibility index (Phi) is 5.67. The van der Waals surface area contributed by atoms with E-state index >= 15 is 0 Å². The van der Waals surface area contributed by atoms with Crippen molar-refractivity contribution in [2.45, 2.75) is 36.5 Å². The lowest BCUT2D eigenvalue weighted by Crippen LogP contribution is -2.45. The predicted octanol–water partition coefficient (Wildman–Crippen LogP) is 6.73. The Morgan fingerprint density at radius 1 is 1.00 bits per heavy atom. The molecule has 0 aromatic heterocycles. The summed E-state index contributed by atoms with van der Waals surface area (Å²) in [5.74, 6) is 1.12.